The first-order chi connectivity index (χ1) is 17.1. The quantitative estimate of drug-likeness (QED) is 0.386. The third-order valence-corrected chi connectivity index (χ3v) is 6.52. The van der Waals surface area contributed by atoms with Gasteiger partial charge in [0.1, 0.15) is 11.6 Å². The number of ether oxygens (including phenoxy) is 1. The molecule has 0 radical (unpaired) electrons. The summed E-state index contributed by atoms with van der Waals surface area (Å²) >= 11 is 0. The van der Waals surface area contributed by atoms with Crippen LogP contribution in [0.25, 0.3) is 22.8 Å². The molecule has 3 aromatic carbocycles. The summed E-state index contributed by atoms with van der Waals surface area (Å²) in [5.41, 5.74) is 1.60. The molecule has 178 valence electrons. The van der Waals surface area contributed by atoms with Gasteiger partial charge in [-0.05, 0) is 54.8 Å². The summed E-state index contributed by atoms with van der Waals surface area (Å²) in [6, 6.07) is 19.8. The first kappa shape index (κ1) is 22.9. The summed E-state index contributed by atoms with van der Waals surface area (Å²) in [4.78, 5) is 17.6. The molecule has 1 saturated heterocycles. The number of hydrogen-bond acceptors (Lipinski definition) is 4. The van der Waals surface area contributed by atoms with Gasteiger partial charge in [-0.1, -0.05) is 36.4 Å². The van der Waals surface area contributed by atoms with Crippen LogP contribution < -0.4 is 5.32 Å². The summed E-state index contributed by atoms with van der Waals surface area (Å²) in [5.74, 6) is -0.520. The van der Waals surface area contributed by atoms with Gasteiger partial charge in [0.2, 0.25) is 5.89 Å². The number of carbonyl (C=O) groups is 1. The van der Waals surface area contributed by atoms with Gasteiger partial charge in [0, 0.05) is 30.7 Å². The number of aromatic nitrogens is 1. The molecular formula is C28H24F2N2O3. The standard InChI is InChI=1S/C28H24F2N2O3/c29-20-7-5-6-19(16-20)28(12-14-34-15-13-28)18-32-26(33)21-8-1-2-9-22(21)27-31-17-25(35-27)23-10-3-4-11-24(23)30/h1-11,16-17H,12-15,18H2,(H,32,33). The number of amides is 1. The number of rotatable bonds is 6. The second-order valence-corrected chi connectivity index (χ2v) is 8.64. The second kappa shape index (κ2) is 9.80. The van der Waals surface area contributed by atoms with Crippen molar-refractivity contribution in [2.24, 2.45) is 0 Å². The van der Waals surface area contributed by atoms with E-state index in [1.807, 2.05) is 6.07 Å². The lowest BCUT2D eigenvalue weighted by Gasteiger charge is -2.38. The van der Waals surface area contributed by atoms with E-state index >= 15 is 0 Å². The van der Waals surface area contributed by atoms with E-state index in [-0.39, 0.29) is 23.4 Å². The summed E-state index contributed by atoms with van der Waals surface area (Å²) < 4.78 is 39.5. The van der Waals surface area contributed by atoms with Crippen molar-refractivity contribution in [1.82, 2.24) is 10.3 Å². The molecule has 1 aromatic heterocycles. The highest BCUT2D eigenvalue weighted by Crippen LogP contribution is 2.35. The minimum Gasteiger partial charge on any atom is -0.436 e. The zero-order valence-electron chi connectivity index (χ0n) is 19.0. The van der Waals surface area contributed by atoms with Gasteiger partial charge in [-0.3, -0.25) is 4.79 Å². The van der Waals surface area contributed by atoms with Gasteiger partial charge >= 0.3 is 0 Å². The predicted octanol–water partition coefficient (Wildman–Crippen LogP) is 5.77. The molecular weight excluding hydrogens is 450 g/mol. The molecule has 1 aliphatic heterocycles. The monoisotopic (exact) mass is 474 g/mol. The molecule has 1 amide bonds. The van der Waals surface area contributed by atoms with Gasteiger partial charge in [-0.2, -0.15) is 0 Å². The molecule has 0 unspecified atom stereocenters. The van der Waals surface area contributed by atoms with E-state index in [9.17, 15) is 13.6 Å². The Labute approximate surface area is 201 Å². The molecule has 1 N–H and O–H groups in total. The Morgan fingerprint density at radius 1 is 0.943 bits per heavy atom. The van der Waals surface area contributed by atoms with Gasteiger partial charge < -0.3 is 14.5 Å². The number of halogens is 2. The Morgan fingerprint density at radius 3 is 2.46 bits per heavy atom. The molecule has 1 aliphatic rings. The van der Waals surface area contributed by atoms with Crippen molar-refractivity contribution in [3.05, 3.63) is 102 Å². The molecule has 5 nitrogen and oxygen atoms in total. The molecule has 0 aliphatic carbocycles. The number of benzene rings is 3. The van der Waals surface area contributed by atoms with Crippen LogP contribution in [0.2, 0.25) is 0 Å². The zero-order chi connectivity index (χ0) is 24.3. The minimum atomic E-state index is -0.425. The van der Waals surface area contributed by atoms with Crippen molar-refractivity contribution in [3.8, 4) is 22.8 Å². The summed E-state index contributed by atoms with van der Waals surface area (Å²) in [5, 5.41) is 3.04. The highest BCUT2D eigenvalue weighted by atomic mass is 19.1. The zero-order valence-corrected chi connectivity index (χ0v) is 19.0. The summed E-state index contributed by atoms with van der Waals surface area (Å²) in [6.45, 7) is 1.41. The van der Waals surface area contributed by atoms with Crippen LogP contribution >= 0.6 is 0 Å². The maximum atomic E-state index is 14.2. The van der Waals surface area contributed by atoms with Crippen molar-refractivity contribution in [2.45, 2.75) is 18.3 Å². The van der Waals surface area contributed by atoms with Crippen LogP contribution in [0.5, 0.6) is 0 Å². The molecule has 7 heteroatoms. The molecule has 1 fully saturated rings. The van der Waals surface area contributed by atoms with Crippen molar-refractivity contribution in [1.29, 1.82) is 0 Å². The summed E-state index contributed by atoms with van der Waals surface area (Å²) in [7, 11) is 0. The predicted molar refractivity (Wildman–Crippen MR) is 128 cm³/mol. The van der Waals surface area contributed by atoms with E-state index in [1.54, 1.807) is 48.5 Å². The molecule has 0 atom stereocenters. The molecule has 0 spiro atoms. The Morgan fingerprint density at radius 2 is 1.69 bits per heavy atom. The maximum Gasteiger partial charge on any atom is 0.252 e. The van der Waals surface area contributed by atoms with Crippen molar-refractivity contribution in [3.63, 3.8) is 0 Å². The second-order valence-electron chi connectivity index (χ2n) is 8.64. The van der Waals surface area contributed by atoms with Gasteiger partial charge in [0.05, 0.1) is 17.3 Å². The third kappa shape index (κ3) is 4.72. The normalized spacial score (nSPS) is 15.0. The van der Waals surface area contributed by atoms with Crippen LogP contribution in [0.15, 0.2) is 83.4 Å². The van der Waals surface area contributed by atoms with E-state index in [4.69, 9.17) is 9.15 Å². The fraction of sp³-hybridized carbons (Fsp3) is 0.214. The topological polar surface area (TPSA) is 64.4 Å². The van der Waals surface area contributed by atoms with Crippen LogP contribution in [-0.2, 0) is 10.2 Å². The number of oxazole rings is 1. The number of nitrogens with one attached hydrogen (secondary N) is 1. The van der Waals surface area contributed by atoms with Gasteiger partial charge in [-0.25, -0.2) is 13.8 Å². The van der Waals surface area contributed by atoms with Crippen LogP contribution in [0.3, 0.4) is 0 Å². The molecule has 2 heterocycles. The van der Waals surface area contributed by atoms with E-state index in [2.05, 4.69) is 10.3 Å². The van der Waals surface area contributed by atoms with E-state index in [0.717, 1.165) is 5.56 Å². The van der Waals surface area contributed by atoms with Gasteiger partial charge in [0.25, 0.3) is 5.91 Å². The van der Waals surface area contributed by atoms with Gasteiger partial charge in [0.15, 0.2) is 5.76 Å². The van der Waals surface area contributed by atoms with Crippen molar-refractivity contribution in [2.75, 3.05) is 19.8 Å². The lowest BCUT2D eigenvalue weighted by molar-refractivity contribution is 0.0486. The largest absolute Gasteiger partial charge is 0.436 e. The van der Waals surface area contributed by atoms with Crippen LogP contribution in [-0.4, -0.2) is 30.6 Å². The van der Waals surface area contributed by atoms with Gasteiger partial charge in [-0.15, -0.1) is 0 Å². The van der Waals surface area contributed by atoms with Crippen LogP contribution in [0.1, 0.15) is 28.8 Å². The minimum absolute atomic E-state index is 0.222. The maximum absolute atomic E-state index is 14.2. The first-order valence-electron chi connectivity index (χ1n) is 11.5. The molecule has 4 aromatic rings. The number of carbonyl (C=O) groups excluding carboxylic acids is 1. The molecule has 35 heavy (non-hydrogen) atoms. The van der Waals surface area contributed by atoms with Crippen molar-refractivity contribution >= 4 is 5.91 Å². The Hall–Kier alpha value is -3.84. The third-order valence-electron chi connectivity index (χ3n) is 6.52. The smallest absolute Gasteiger partial charge is 0.252 e. The first-order valence-corrected chi connectivity index (χ1v) is 11.5. The molecule has 0 saturated carbocycles. The fourth-order valence-electron chi connectivity index (χ4n) is 4.54. The number of nitrogens with zero attached hydrogens (tertiary/aromatic N) is 1. The number of hydrogen-bond donors (Lipinski definition) is 1. The lowest BCUT2D eigenvalue weighted by Crippen LogP contribution is -2.44. The SMILES string of the molecule is O=C(NCC1(c2cccc(F)c2)CCOCC1)c1ccccc1-c1ncc(-c2ccccc2F)o1. The van der Waals surface area contributed by atoms with Crippen LogP contribution in [0, 0.1) is 11.6 Å². The van der Waals surface area contributed by atoms with E-state index in [1.165, 1.54) is 24.4 Å². The summed E-state index contributed by atoms with van der Waals surface area (Å²) in [6.07, 6.45) is 2.79. The highest BCUT2D eigenvalue weighted by Gasteiger charge is 2.35. The fourth-order valence-corrected chi connectivity index (χ4v) is 4.54. The Kier molecular flexibility index (Phi) is 6.42. The van der Waals surface area contributed by atoms with E-state index < -0.39 is 11.2 Å². The van der Waals surface area contributed by atoms with Crippen molar-refractivity contribution < 1.29 is 22.7 Å². The Balaban J connectivity index is 1.40. The average Bonchev–Trinajstić information content (AvgIpc) is 3.38. The Bertz CT molecular complexity index is 1350. The molecule has 5 rings (SSSR count). The molecule has 0 bridgehead atoms. The van der Waals surface area contributed by atoms with Crippen LogP contribution in [0.4, 0.5) is 8.78 Å². The van der Waals surface area contributed by atoms with E-state index in [0.29, 0.717) is 49.3 Å². The average molecular weight is 475 g/mol. The highest BCUT2D eigenvalue weighted by molar-refractivity contribution is 6.00. The lowest BCUT2D eigenvalue weighted by atomic mass is 9.74.